The summed E-state index contributed by atoms with van der Waals surface area (Å²) in [6.07, 6.45) is -5.93. The second-order valence-electron chi connectivity index (χ2n) is 13.6. The van der Waals surface area contributed by atoms with E-state index in [-0.39, 0.29) is 52.0 Å². The molecule has 0 unspecified atom stereocenters. The minimum atomic E-state index is -3.91. The zero-order valence-corrected chi connectivity index (χ0v) is 43.2. The van der Waals surface area contributed by atoms with Crippen LogP contribution in [0, 0.1) is 23.3 Å². The summed E-state index contributed by atoms with van der Waals surface area (Å²) in [4.78, 5) is 0. The van der Waals surface area contributed by atoms with Crippen LogP contribution < -0.4 is 20.6 Å². The van der Waals surface area contributed by atoms with E-state index in [4.69, 9.17) is 20.6 Å². The van der Waals surface area contributed by atoms with Gasteiger partial charge < -0.3 is 20.4 Å². The van der Waals surface area contributed by atoms with Crippen LogP contribution in [0.15, 0.2) is 90.7 Å². The van der Waals surface area contributed by atoms with Gasteiger partial charge >= 0.3 is 0 Å². The lowest BCUT2D eigenvalue weighted by Gasteiger charge is -2.17. The number of benzene rings is 4. The van der Waals surface area contributed by atoms with E-state index in [1.54, 1.807) is 0 Å². The molecule has 12 N–H and O–H groups in total. The molecule has 0 aliphatic heterocycles. The van der Waals surface area contributed by atoms with Crippen LogP contribution in [0.3, 0.4) is 0 Å². The van der Waals surface area contributed by atoms with Gasteiger partial charge in [-0.1, -0.05) is 118 Å². The van der Waals surface area contributed by atoms with E-state index in [2.05, 4.69) is 63.7 Å². The zero-order valence-electron chi connectivity index (χ0n) is 33.6. The van der Waals surface area contributed by atoms with Gasteiger partial charge in [0.1, 0.15) is 44.3 Å². The Bertz CT molecular complexity index is 2340. The number of hydrogen-bond donors (Lipinski definition) is 8. The average molecular weight is 1310 g/mol. The van der Waals surface area contributed by atoms with Crippen molar-refractivity contribution in [2.75, 3.05) is 0 Å². The van der Waals surface area contributed by atoms with Crippen molar-refractivity contribution in [3.63, 3.8) is 0 Å². The number of hydrogen-bond acceptors (Lipinski definition) is 12. The van der Waals surface area contributed by atoms with Gasteiger partial charge in [-0.2, -0.15) is 0 Å². The van der Waals surface area contributed by atoms with Gasteiger partial charge in [0.15, 0.2) is 0 Å². The predicted molar refractivity (Wildman–Crippen MR) is 273 cm³/mol. The van der Waals surface area contributed by atoms with Gasteiger partial charge in [0.2, 0.25) is 40.1 Å². The molecular formula is C40H60Br4F4N4O12S4. The highest BCUT2D eigenvalue weighted by molar-refractivity contribution is 9.11. The van der Waals surface area contributed by atoms with Crippen molar-refractivity contribution in [2.45, 2.75) is 103 Å². The van der Waals surface area contributed by atoms with Crippen molar-refractivity contribution >= 4 is 104 Å². The highest BCUT2D eigenvalue weighted by Crippen LogP contribution is 2.29. The monoisotopic (exact) mass is 1310 g/mol. The molecule has 4 aromatic carbocycles. The standard InChI is InChI=1S/4C9H11BrFNO3S.4CH4/c4*1-5(16(12,14)15)9(13)7-3-2-6(10)4-8(7)11;;;;/h4*2-5,9,13H,1H3,(H2,12,14,15);4*1H4/t2*5-,9+;2*5-,9-;;;;/m1010..../s1. The fraction of sp³-hybridized carbons (Fsp3) is 0.400. The Hall–Kier alpha value is -2.00. The molecule has 0 saturated carbocycles. The Morgan fingerprint density at radius 1 is 0.368 bits per heavy atom. The molecule has 8 atom stereocenters. The lowest BCUT2D eigenvalue weighted by Crippen LogP contribution is -2.31. The minimum absolute atomic E-state index is 0. The molecule has 0 bridgehead atoms. The molecule has 68 heavy (non-hydrogen) atoms. The zero-order chi connectivity index (χ0) is 50.0. The topological polar surface area (TPSA) is 322 Å². The summed E-state index contributed by atoms with van der Waals surface area (Å²) in [5.74, 6) is -2.73. The van der Waals surface area contributed by atoms with Crippen molar-refractivity contribution in [1.29, 1.82) is 0 Å². The Labute approximate surface area is 431 Å². The van der Waals surface area contributed by atoms with Gasteiger partial charge in [0, 0.05) is 40.1 Å². The van der Waals surface area contributed by atoms with Crippen molar-refractivity contribution in [1.82, 2.24) is 0 Å². The number of halogens is 8. The first-order chi connectivity index (χ1) is 28.9. The van der Waals surface area contributed by atoms with Gasteiger partial charge in [-0.25, -0.2) is 71.8 Å². The first kappa shape index (κ1) is 72.5. The Kier molecular flexibility index (Phi) is 32.1. The Balaban J connectivity index is -0.000000394. The molecule has 0 spiro atoms. The summed E-state index contributed by atoms with van der Waals surface area (Å²) in [6.45, 7) is 4.89. The smallest absolute Gasteiger partial charge is 0.214 e. The minimum Gasteiger partial charge on any atom is -0.387 e. The van der Waals surface area contributed by atoms with Crippen molar-refractivity contribution in [3.05, 3.63) is 136 Å². The maximum Gasteiger partial charge on any atom is 0.214 e. The van der Waals surface area contributed by atoms with E-state index in [0.29, 0.717) is 17.9 Å². The second kappa shape index (κ2) is 30.1. The van der Waals surface area contributed by atoms with Crippen molar-refractivity contribution < 1.29 is 71.7 Å². The first-order valence-electron chi connectivity index (χ1n) is 17.5. The molecule has 0 aliphatic carbocycles. The fourth-order valence-corrected chi connectivity index (χ4v) is 8.05. The highest BCUT2D eigenvalue weighted by atomic mass is 79.9. The SMILES string of the molecule is C.C.C.C.C[C@@H]([C@@H](O)c1ccc(Br)cc1F)S(N)(=O)=O.C[C@@H]([C@H](O)c1ccc(Br)cc1F)S(N)(=O)=O.C[C@H]([C@@H](O)c1ccc(Br)cc1F)S(N)(=O)=O.C[C@H]([C@H](O)c1ccc(Br)cc1F)S(N)(=O)=O. The van der Waals surface area contributed by atoms with Crippen LogP contribution in [0.5, 0.6) is 0 Å². The summed E-state index contributed by atoms with van der Waals surface area (Å²) >= 11 is 12.2. The van der Waals surface area contributed by atoms with E-state index in [1.807, 2.05) is 0 Å². The molecule has 4 aromatic rings. The van der Waals surface area contributed by atoms with E-state index >= 15 is 0 Å². The summed E-state index contributed by atoms with van der Waals surface area (Å²) in [5, 5.41) is 53.2. The molecule has 4 rings (SSSR count). The van der Waals surface area contributed by atoms with E-state index < -0.39 is 109 Å². The maximum absolute atomic E-state index is 13.4. The van der Waals surface area contributed by atoms with Crippen LogP contribution in [0.1, 0.15) is 104 Å². The molecule has 16 nitrogen and oxygen atoms in total. The summed E-state index contributed by atoms with van der Waals surface area (Å²) in [5.41, 5.74) is -0.371. The fourth-order valence-electron chi connectivity index (χ4n) is 4.70. The van der Waals surface area contributed by atoms with Gasteiger partial charge in [-0.3, -0.25) is 0 Å². The van der Waals surface area contributed by atoms with Crippen LogP contribution in [-0.4, -0.2) is 75.1 Å². The number of rotatable bonds is 12. The summed E-state index contributed by atoms with van der Waals surface area (Å²) < 4.78 is 144. The van der Waals surface area contributed by atoms with E-state index in [0.717, 1.165) is 24.3 Å². The molecule has 0 aliphatic rings. The van der Waals surface area contributed by atoms with E-state index in [1.165, 1.54) is 76.2 Å². The third-order valence-corrected chi connectivity index (χ3v) is 16.1. The first-order valence-corrected chi connectivity index (χ1v) is 27.1. The van der Waals surface area contributed by atoms with Crippen LogP contribution >= 0.6 is 63.7 Å². The molecule has 28 heteroatoms. The number of aliphatic hydroxyl groups excluding tert-OH is 4. The predicted octanol–water partition coefficient (Wildman–Crippen LogP) is 7.74. The maximum atomic E-state index is 13.4. The quantitative estimate of drug-likeness (QED) is 0.0632. The molecule has 0 radical (unpaired) electrons. The summed E-state index contributed by atoms with van der Waals surface area (Å²) in [7, 11) is -15.6. The van der Waals surface area contributed by atoms with Crippen LogP contribution in [0.25, 0.3) is 0 Å². The third kappa shape index (κ3) is 22.6. The Morgan fingerprint density at radius 2 is 0.500 bits per heavy atom. The van der Waals surface area contributed by atoms with Crippen LogP contribution in [0.2, 0.25) is 0 Å². The lowest BCUT2D eigenvalue weighted by atomic mass is 10.1. The van der Waals surface area contributed by atoms with Gasteiger partial charge in [0.05, 0.1) is 24.4 Å². The number of sulfonamides is 4. The largest absolute Gasteiger partial charge is 0.387 e. The molecule has 0 fully saturated rings. The number of primary sulfonamides is 4. The third-order valence-electron chi connectivity index (χ3n) is 8.98. The molecule has 0 amide bonds. The second-order valence-corrected chi connectivity index (χ2v) is 25.0. The summed E-state index contributed by atoms with van der Waals surface area (Å²) in [6, 6.07) is 15.9. The molecular weight excluding hydrogens is 1250 g/mol. The average Bonchev–Trinajstić information content (AvgIpc) is 3.15. The van der Waals surface area contributed by atoms with Gasteiger partial charge in [-0.05, 0) is 76.2 Å². The van der Waals surface area contributed by atoms with Crippen molar-refractivity contribution in [2.24, 2.45) is 20.6 Å². The number of nitrogens with two attached hydrogens (primary N) is 4. The molecule has 0 saturated heterocycles. The number of aliphatic hydroxyl groups is 4. The van der Waals surface area contributed by atoms with Gasteiger partial charge in [-0.15, -0.1) is 0 Å². The normalized spacial score (nSPS) is 14.9. The van der Waals surface area contributed by atoms with Crippen LogP contribution in [-0.2, 0) is 40.1 Å². The van der Waals surface area contributed by atoms with Gasteiger partial charge in [0.25, 0.3) is 0 Å². The van der Waals surface area contributed by atoms with Crippen LogP contribution in [0.4, 0.5) is 17.6 Å². The highest BCUT2D eigenvalue weighted by Gasteiger charge is 2.31. The van der Waals surface area contributed by atoms with E-state index in [9.17, 15) is 71.7 Å². The molecule has 0 aromatic heterocycles. The molecule has 392 valence electrons. The molecule has 0 heterocycles. The lowest BCUT2D eigenvalue weighted by molar-refractivity contribution is 0.171. The Morgan fingerprint density at radius 3 is 0.603 bits per heavy atom. The van der Waals surface area contributed by atoms with Crippen molar-refractivity contribution in [3.8, 4) is 0 Å².